The topological polar surface area (TPSA) is 88.1 Å². The molecule has 0 N–H and O–H groups in total. The van der Waals surface area contributed by atoms with Crippen molar-refractivity contribution in [1.29, 1.82) is 0 Å². The van der Waals surface area contributed by atoms with E-state index >= 15 is 0 Å². The second-order valence-corrected chi connectivity index (χ2v) is 10.1. The van der Waals surface area contributed by atoms with Gasteiger partial charge in [0, 0.05) is 4.90 Å². The molecular weight excluding hydrogens is 528 g/mol. The first-order chi connectivity index (χ1) is 19.6. The van der Waals surface area contributed by atoms with Crippen molar-refractivity contribution in [2.45, 2.75) is 28.6 Å². The Balaban J connectivity index is 1.48. The number of carbonyl (C=O) groups excluding carboxylic acids is 3. The zero-order chi connectivity index (χ0) is 27.7. The summed E-state index contributed by atoms with van der Waals surface area (Å²) in [5.41, 5.74) is 0.203. The summed E-state index contributed by atoms with van der Waals surface area (Å²) >= 11 is 1.32. The molecule has 0 aliphatic carbocycles. The lowest BCUT2D eigenvalue weighted by molar-refractivity contribution is -0.167. The summed E-state index contributed by atoms with van der Waals surface area (Å²) in [5.74, 6) is -1.88. The summed E-state index contributed by atoms with van der Waals surface area (Å²) in [6.45, 7) is -0.0742. The molecule has 5 rings (SSSR count). The molecule has 4 unspecified atom stereocenters. The van der Waals surface area contributed by atoms with Crippen LogP contribution in [0, 0.1) is 0 Å². The van der Waals surface area contributed by atoms with E-state index in [0.29, 0.717) is 16.7 Å². The zero-order valence-electron chi connectivity index (χ0n) is 21.3. The Kier molecular flexibility index (Phi) is 8.90. The molecule has 0 aromatic heterocycles. The average Bonchev–Trinajstić information content (AvgIpc) is 3.01. The van der Waals surface area contributed by atoms with Crippen LogP contribution in [0.25, 0.3) is 0 Å². The van der Waals surface area contributed by atoms with Gasteiger partial charge in [0.25, 0.3) is 0 Å². The molecule has 7 nitrogen and oxygen atoms in total. The average molecular weight is 555 g/mol. The molecule has 202 valence electrons. The van der Waals surface area contributed by atoms with Crippen LogP contribution in [0.3, 0.4) is 0 Å². The number of hydrogen-bond acceptors (Lipinski definition) is 8. The summed E-state index contributed by atoms with van der Waals surface area (Å²) < 4.78 is 23.8. The third kappa shape index (κ3) is 6.77. The highest BCUT2D eigenvalue weighted by molar-refractivity contribution is 7.99. The van der Waals surface area contributed by atoms with Gasteiger partial charge in [0.1, 0.15) is 5.44 Å². The minimum absolute atomic E-state index is 0.0742. The first-order valence-corrected chi connectivity index (χ1v) is 13.6. The van der Waals surface area contributed by atoms with Crippen LogP contribution < -0.4 is 0 Å². The first kappa shape index (κ1) is 27.2. The van der Waals surface area contributed by atoms with Gasteiger partial charge in [0.2, 0.25) is 0 Å². The standard InChI is InChI=1S/C32H26O7S/c33-29(22-13-5-1-6-14-22)37-26-21-36-32(40-25-19-11-4-12-20-25)28(39-31(35)24-17-9-3-10-18-24)27(26)38-30(34)23-15-7-2-8-16-23/h1-20,26-28,32H,21H2. The van der Waals surface area contributed by atoms with Gasteiger partial charge >= 0.3 is 17.9 Å². The Morgan fingerprint density at radius 2 is 0.950 bits per heavy atom. The predicted octanol–water partition coefficient (Wildman–Crippen LogP) is 5.81. The first-order valence-electron chi connectivity index (χ1n) is 12.7. The van der Waals surface area contributed by atoms with Gasteiger partial charge in [0.15, 0.2) is 18.3 Å². The summed E-state index contributed by atoms with van der Waals surface area (Å²) in [6, 6.07) is 34.9. The molecule has 8 heteroatoms. The molecule has 0 saturated carbocycles. The van der Waals surface area contributed by atoms with Gasteiger partial charge in [-0.05, 0) is 48.5 Å². The van der Waals surface area contributed by atoms with Gasteiger partial charge in [0.05, 0.1) is 23.3 Å². The highest BCUT2D eigenvalue weighted by atomic mass is 32.2. The fraction of sp³-hybridized carbons (Fsp3) is 0.156. The van der Waals surface area contributed by atoms with Crippen molar-refractivity contribution in [3.63, 3.8) is 0 Å². The van der Waals surface area contributed by atoms with Crippen molar-refractivity contribution >= 4 is 29.7 Å². The number of hydrogen-bond donors (Lipinski definition) is 0. The third-order valence-corrected chi connectivity index (χ3v) is 7.33. The highest BCUT2D eigenvalue weighted by Crippen LogP contribution is 2.35. The quantitative estimate of drug-likeness (QED) is 0.199. The second kappa shape index (κ2) is 13.1. The van der Waals surface area contributed by atoms with E-state index in [1.54, 1.807) is 91.0 Å². The molecule has 0 amide bonds. The second-order valence-electron chi connectivity index (χ2n) is 8.91. The number of carbonyl (C=O) groups is 3. The lowest BCUT2D eigenvalue weighted by Gasteiger charge is -2.40. The molecule has 4 aromatic rings. The van der Waals surface area contributed by atoms with Crippen molar-refractivity contribution < 1.29 is 33.3 Å². The van der Waals surface area contributed by atoms with Crippen molar-refractivity contribution in [3.05, 3.63) is 138 Å². The minimum Gasteiger partial charge on any atom is -0.452 e. The minimum atomic E-state index is -1.15. The van der Waals surface area contributed by atoms with Crippen LogP contribution in [-0.4, -0.2) is 48.3 Å². The van der Waals surface area contributed by atoms with Crippen LogP contribution in [-0.2, 0) is 18.9 Å². The van der Waals surface area contributed by atoms with Crippen LogP contribution in [0.4, 0.5) is 0 Å². The molecule has 0 spiro atoms. The Bertz CT molecular complexity index is 1420. The van der Waals surface area contributed by atoms with Gasteiger partial charge in [-0.1, -0.05) is 84.6 Å². The molecule has 40 heavy (non-hydrogen) atoms. The molecule has 4 atom stereocenters. The molecular formula is C32H26O7S. The van der Waals surface area contributed by atoms with Crippen LogP contribution in [0.5, 0.6) is 0 Å². The van der Waals surface area contributed by atoms with E-state index in [4.69, 9.17) is 18.9 Å². The van der Waals surface area contributed by atoms with Crippen molar-refractivity contribution in [1.82, 2.24) is 0 Å². The van der Waals surface area contributed by atoms with Crippen molar-refractivity contribution in [2.75, 3.05) is 6.61 Å². The lowest BCUT2D eigenvalue weighted by atomic mass is 10.0. The van der Waals surface area contributed by atoms with E-state index in [1.807, 2.05) is 30.3 Å². The zero-order valence-corrected chi connectivity index (χ0v) is 22.1. The fourth-order valence-corrected chi connectivity index (χ4v) is 5.23. The van der Waals surface area contributed by atoms with Crippen LogP contribution in [0.1, 0.15) is 31.1 Å². The summed E-state index contributed by atoms with van der Waals surface area (Å²) in [7, 11) is 0. The lowest BCUT2D eigenvalue weighted by Crippen LogP contribution is -2.56. The van der Waals surface area contributed by atoms with E-state index in [9.17, 15) is 14.4 Å². The summed E-state index contributed by atoms with van der Waals surface area (Å²) in [4.78, 5) is 40.3. The van der Waals surface area contributed by atoms with Crippen LogP contribution in [0.2, 0.25) is 0 Å². The van der Waals surface area contributed by atoms with Gasteiger partial charge in [-0.3, -0.25) is 0 Å². The highest BCUT2D eigenvalue weighted by Gasteiger charge is 2.48. The van der Waals surface area contributed by atoms with Crippen molar-refractivity contribution in [3.8, 4) is 0 Å². The molecule has 1 heterocycles. The van der Waals surface area contributed by atoms with Crippen molar-refractivity contribution in [2.24, 2.45) is 0 Å². The Morgan fingerprint density at radius 3 is 1.43 bits per heavy atom. The molecule has 4 aromatic carbocycles. The normalized spacial score (nSPS) is 20.2. The molecule has 1 saturated heterocycles. The molecule has 1 aliphatic heterocycles. The fourth-order valence-electron chi connectivity index (χ4n) is 4.16. The van der Waals surface area contributed by atoms with Crippen LogP contribution in [0.15, 0.2) is 126 Å². The van der Waals surface area contributed by atoms with E-state index in [-0.39, 0.29) is 6.61 Å². The van der Waals surface area contributed by atoms with Gasteiger partial charge in [-0.15, -0.1) is 0 Å². The van der Waals surface area contributed by atoms with Gasteiger partial charge < -0.3 is 18.9 Å². The largest absolute Gasteiger partial charge is 0.452 e. The predicted molar refractivity (Wildman–Crippen MR) is 149 cm³/mol. The number of thioether (sulfide) groups is 1. The third-order valence-electron chi connectivity index (χ3n) is 6.15. The Hall–Kier alpha value is -4.40. The maximum atomic E-state index is 13.2. The summed E-state index contributed by atoms with van der Waals surface area (Å²) in [6.07, 6.45) is -3.29. The number of rotatable bonds is 8. The smallest absolute Gasteiger partial charge is 0.338 e. The Labute approximate surface area is 236 Å². The van der Waals surface area contributed by atoms with E-state index in [1.165, 1.54) is 11.8 Å². The van der Waals surface area contributed by atoms with Crippen LogP contribution >= 0.6 is 11.8 Å². The molecule has 0 bridgehead atoms. The number of ether oxygens (including phenoxy) is 4. The molecule has 1 fully saturated rings. The number of benzene rings is 4. The summed E-state index contributed by atoms with van der Waals surface area (Å²) in [5, 5.41) is 0. The van der Waals surface area contributed by atoms with Gasteiger partial charge in [-0.25, -0.2) is 14.4 Å². The van der Waals surface area contributed by atoms with E-state index in [0.717, 1.165) is 4.90 Å². The molecule has 0 radical (unpaired) electrons. The van der Waals surface area contributed by atoms with E-state index < -0.39 is 41.7 Å². The number of esters is 3. The van der Waals surface area contributed by atoms with Gasteiger partial charge in [-0.2, -0.15) is 0 Å². The Morgan fingerprint density at radius 1 is 0.550 bits per heavy atom. The maximum Gasteiger partial charge on any atom is 0.338 e. The SMILES string of the molecule is O=C(OC1COC(Sc2ccccc2)C(OC(=O)c2ccccc2)C1OC(=O)c1ccccc1)c1ccccc1. The monoisotopic (exact) mass is 554 g/mol. The van der Waals surface area contributed by atoms with E-state index in [2.05, 4.69) is 0 Å². The molecule has 1 aliphatic rings. The maximum absolute atomic E-state index is 13.2.